The largest absolute Gasteiger partial charge is 0.366 e. The standard InChI is InChI=1S/C51H40N2/c1-51(2)45-23-13-22-40(49(45)44-30-37-18-9-10-19-38(37)31-46(44)51)34-24-26-35(27-25-34)47-32-48(53-50(52-47)36-16-7-4-8-17-36)43-29-28-39(33-14-5-3-6-15-33)41-20-11-12-21-42(41)43/h3-32,48,50,52-53H,1-2H3. The molecule has 0 radical (unpaired) electrons. The zero-order valence-corrected chi connectivity index (χ0v) is 30.0. The van der Waals surface area contributed by atoms with Crippen molar-refractivity contribution in [3.05, 3.63) is 210 Å². The van der Waals surface area contributed by atoms with Gasteiger partial charge in [-0.2, -0.15) is 0 Å². The summed E-state index contributed by atoms with van der Waals surface area (Å²) in [6.07, 6.45) is 2.31. The quantitative estimate of drug-likeness (QED) is 0.189. The maximum Gasteiger partial charge on any atom is 0.104 e. The summed E-state index contributed by atoms with van der Waals surface area (Å²) in [5.74, 6) is 0. The lowest BCUT2D eigenvalue weighted by Gasteiger charge is -2.34. The van der Waals surface area contributed by atoms with Gasteiger partial charge < -0.3 is 5.32 Å². The van der Waals surface area contributed by atoms with Gasteiger partial charge in [-0.3, -0.25) is 5.32 Å². The summed E-state index contributed by atoms with van der Waals surface area (Å²) in [6.45, 7) is 4.74. The normalized spacial score (nSPS) is 17.2. The molecule has 0 spiro atoms. The van der Waals surface area contributed by atoms with E-state index in [1.165, 1.54) is 82.7 Å². The zero-order chi connectivity index (χ0) is 35.5. The molecule has 254 valence electrons. The molecule has 1 heterocycles. The van der Waals surface area contributed by atoms with E-state index in [0.717, 1.165) is 5.70 Å². The molecule has 2 nitrogen and oxygen atoms in total. The predicted molar refractivity (Wildman–Crippen MR) is 223 cm³/mol. The Morgan fingerprint density at radius 1 is 0.472 bits per heavy atom. The van der Waals surface area contributed by atoms with Gasteiger partial charge in [-0.15, -0.1) is 0 Å². The van der Waals surface area contributed by atoms with E-state index in [0.29, 0.717) is 0 Å². The molecule has 2 N–H and O–H groups in total. The molecule has 0 fully saturated rings. The first-order valence-electron chi connectivity index (χ1n) is 18.7. The Morgan fingerprint density at radius 3 is 1.89 bits per heavy atom. The second kappa shape index (κ2) is 12.5. The molecule has 1 aliphatic carbocycles. The van der Waals surface area contributed by atoms with Crippen LogP contribution in [0.3, 0.4) is 0 Å². The number of nitrogens with one attached hydrogen (secondary N) is 2. The second-order valence-electron chi connectivity index (χ2n) is 15.0. The summed E-state index contributed by atoms with van der Waals surface area (Å²) >= 11 is 0. The molecule has 2 aliphatic rings. The van der Waals surface area contributed by atoms with Crippen LogP contribution in [-0.4, -0.2) is 0 Å². The van der Waals surface area contributed by atoms with Crippen molar-refractivity contribution >= 4 is 27.2 Å². The Bertz CT molecular complexity index is 2690. The molecule has 8 aromatic carbocycles. The summed E-state index contributed by atoms with van der Waals surface area (Å²) in [5, 5.41) is 12.9. The monoisotopic (exact) mass is 680 g/mol. The molecule has 2 unspecified atom stereocenters. The molecular formula is C51H40N2. The van der Waals surface area contributed by atoms with Crippen LogP contribution in [-0.2, 0) is 5.41 Å². The average Bonchev–Trinajstić information content (AvgIpc) is 3.45. The number of hydrogen-bond donors (Lipinski definition) is 2. The minimum absolute atomic E-state index is 0.00296. The lowest BCUT2D eigenvalue weighted by Crippen LogP contribution is -2.39. The van der Waals surface area contributed by atoms with Crippen LogP contribution in [0.25, 0.3) is 60.6 Å². The fourth-order valence-electron chi connectivity index (χ4n) is 8.83. The third-order valence-electron chi connectivity index (χ3n) is 11.6. The van der Waals surface area contributed by atoms with Crippen LogP contribution in [0.1, 0.15) is 53.9 Å². The van der Waals surface area contributed by atoms with Gasteiger partial charge >= 0.3 is 0 Å². The second-order valence-corrected chi connectivity index (χ2v) is 15.0. The molecule has 0 saturated heterocycles. The summed E-state index contributed by atoms with van der Waals surface area (Å²) in [5.41, 5.74) is 15.2. The third kappa shape index (κ3) is 5.29. The van der Waals surface area contributed by atoms with Gasteiger partial charge in [-0.25, -0.2) is 0 Å². The first-order chi connectivity index (χ1) is 26.0. The van der Waals surface area contributed by atoms with Gasteiger partial charge in [0.2, 0.25) is 0 Å². The lowest BCUT2D eigenvalue weighted by molar-refractivity contribution is 0.444. The van der Waals surface area contributed by atoms with Crippen molar-refractivity contribution in [1.82, 2.24) is 10.6 Å². The van der Waals surface area contributed by atoms with Gasteiger partial charge in [0.05, 0.1) is 6.04 Å². The topological polar surface area (TPSA) is 24.1 Å². The van der Waals surface area contributed by atoms with E-state index in [1.54, 1.807) is 0 Å². The highest BCUT2D eigenvalue weighted by molar-refractivity contribution is 6.00. The summed E-state index contributed by atoms with van der Waals surface area (Å²) in [7, 11) is 0. The zero-order valence-electron chi connectivity index (χ0n) is 30.0. The van der Waals surface area contributed by atoms with Crippen molar-refractivity contribution in [1.29, 1.82) is 0 Å². The highest BCUT2D eigenvalue weighted by atomic mass is 15.2. The number of benzene rings is 8. The number of hydrogen-bond acceptors (Lipinski definition) is 2. The van der Waals surface area contributed by atoms with Gasteiger partial charge in [-0.05, 0) is 101 Å². The molecule has 0 aromatic heterocycles. The Labute approximate surface area is 311 Å². The molecule has 2 atom stereocenters. The van der Waals surface area contributed by atoms with Crippen molar-refractivity contribution in [3.63, 3.8) is 0 Å². The first-order valence-corrected chi connectivity index (χ1v) is 18.7. The van der Waals surface area contributed by atoms with E-state index in [-0.39, 0.29) is 17.6 Å². The maximum atomic E-state index is 3.94. The van der Waals surface area contributed by atoms with Crippen LogP contribution in [0.15, 0.2) is 182 Å². The average molecular weight is 681 g/mol. The molecule has 1 aliphatic heterocycles. The Morgan fingerprint density at radius 2 is 1.11 bits per heavy atom. The van der Waals surface area contributed by atoms with Crippen LogP contribution >= 0.6 is 0 Å². The van der Waals surface area contributed by atoms with Crippen LogP contribution in [0.4, 0.5) is 0 Å². The fourth-order valence-corrected chi connectivity index (χ4v) is 8.83. The smallest absolute Gasteiger partial charge is 0.104 e. The highest BCUT2D eigenvalue weighted by Gasteiger charge is 2.37. The lowest BCUT2D eigenvalue weighted by atomic mass is 9.81. The number of rotatable bonds is 5. The molecule has 0 saturated carbocycles. The van der Waals surface area contributed by atoms with Gasteiger partial charge in [0.1, 0.15) is 6.17 Å². The van der Waals surface area contributed by atoms with Gasteiger partial charge in [0, 0.05) is 11.1 Å². The highest BCUT2D eigenvalue weighted by Crippen LogP contribution is 2.53. The van der Waals surface area contributed by atoms with E-state index in [2.05, 4.69) is 206 Å². The Balaban J connectivity index is 1.06. The van der Waals surface area contributed by atoms with Crippen molar-refractivity contribution in [3.8, 4) is 33.4 Å². The number of fused-ring (bicyclic) bond motifs is 5. The van der Waals surface area contributed by atoms with Crippen molar-refractivity contribution in [2.45, 2.75) is 31.5 Å². The first kappa shape index (κ1) is 31.5. The van der Waals surface area contributed by atoms with E-state index in [1.807, 2.05) is 0 Å². The van der Waals surface area contributed by atoms with Crippen LogP contribution < -0.4 is 10.6 Å². The van der Waals surface area contributed by atoms with Crippen molar-refractivity contribution < 1.29 is 0 Å². The molecule has 10 rings (SSSR count). The van der Waals surface area contributed by atoms with Gasteiger partial charge in [0.15, 0.2) is 0 Å². The van der Waals surface area contributed by atoms with E-state index >= 15 is 0 Å². The van der Waals surface area contributed by atoms with E-state index in [4.69, 9.17) is 0 Å². The summed E-state index contributed by atoms with van der Waals surface area (Å²) in [4.78, 5) is 0. The third-order valence-corrected chi connectivity index (χ3v) is 11.6. The molecule has 0 bridgehead atoms. The van der Waals surface area contributed by atoms with Crippen LogP contribution in [0.2, 0.25) is 0 Å². The predicted octanol–water partition coefficient (Wildman–Crippen LogP) is 12.6. The molecule has 2 heteroatoms. The molecule has 53 heavy (non-hydrogen) atoms. The van der Waals surface area contributed by atoms with Crippen molar-refractivity contribution in [2.75, 3.05) is 0 Å². The molecular weight excluding hydrogens is 641 g/mol. The van der Waals surface area contributed by atoms with E-state index in [9.17, 15) is 0 Å². The van der Waals surface area contributed by atoms with Crippen LogP contribution in [0, 0.1) is 0 Å². The maximum absolute atomic E-state index is 3.94. The van der Waals surface area contributed by atoms with Gasteiger partial charge in [-0.1, -0.05) is 178 Å². The summed E-state index contributed by atoms with van der Waals surface area (Å²) in [6, 6.07) is 64.4. The minimum atomic E-state index is -0.0700. The van der Waals surface area contributed by atoms with Crippen LogP contribution in [0.5, 0.6) is 0 Å². The van der Waals surface area contributed by atoms with Crippen molar-refractivity contribution in [2.24, 2.45) is 0 Å². The Hall–Kier alpha value is -6.22. The van der Waals surface area contributed by atoms with E-state index < -0.39 is 0 Å². The van der Waals surface area contributed by atoms with Gasteiger partial charge in [0.25, 0.3) is 0 Å². The molecule has 0 amide bonds. The SMILES string of the molecule is CC1(C)c2cc3ccccc3cc2-c2c(-c3ccc(C4=CC(c5ccc(-c6ccccc6)c6ccccc56)NC(c5ccccc5)N4)cc3)cccc21. The minimum Gasteiger partial charge on any atom is -0.366 e. The Kier molecular flexibility index (Phi) is 7.42. The molecule has 8 aromatic rings. The summed E-state index contributed by atoms with van der Waals surface area (Å²) < 4.78 is 0. The fraction of sp³-hybridized carbons (Fsp3) is 0.0980.